The lowest BCUT2D eigenvalue weighted by atomic mass is 10.0. The number of nitrogens with zero attached hydrogens (tertiary/aromatic N) is 2. The van der Waals surface area contributed by atoms with Gasteiger partial charge < -0.3 is 10.2 Å². The number of aryl methyl sites for hydroxylation is 1. The summed E-state index contributed by atoms with van der Waals surface area (Å²) in [6.07, 6.45) is 1.92. The molecule has 4 rings (SSSR count). The highest BCUT2D eigenvalue weighted by Gasteiger charge is 2.34. The van der Waals surface area contributed by atoms with E-state index in [9.17, 15) is 18.0 Å². The monoisotopic (exact) mass is 665 g/mol. The summed E-state index contributed by atoms with van der Waals surface area (Å²) >= 11 is 12.2. The minimum Gasteiger partial charge on any atom is -0.354 e. The van der Waals surface area contributed by atoms with Crippen molar-refractivity contribution in [2.75, 3.05) is 17.4 Å². The highest BCUT2D eigenvalue weighted by atomic mass is 35.5. The van der Waals surface area contributed by atoms with E-state index in [4.69, 9.17) is 23.2 Å². The zero-order chi connectivity index (χ0) is 32.4. The zero-order valence-corrected chi connectivity index (χ0v) is 27.7. The minimum absolute atomic E-state index is 0.0114. The molecule has 0 spiro atoms. The number of hydrogen-bond acceptors (Lipinski definition) is 4. The van der Waals surface area contributed by atoms with E-state index in [1.807, 2.05) is 44.2 Å². The lowest BCUT2D eigenvalue weighted by molar-refractivity contribution is -0.140. The predicted octanol–water partition coefficient (Wildman–Crippen LogP) is 7.05. The van der Waals surface area contributed by atoms with Crippen LogP contribution in [0.1, 0.15) is 36.5 Å². The summed E-state index contributed by atoms with van der Waals surface area (Å²) in [5.41, 5.74) is 2.87. The fourth-order valence-electron chi connectivity index (χ4n) is 4.82. The van der Waals surface area contributed by atoms with Crippen molar-refractivity contribution in [3.05, 3.63) is 130 Å². The predicted molar refractivity (Wildman–Crippen MR) is 181 cm³/mol. The first-order valence-corrected chi connectivity index (χ1v) is 17.0. The van der Waals surface area contributed by atoms with Crippen LogP contribution in [0.4, 0.5) is 5.69 Å². The number of halogens is 2. The van der Waals surface area contributed by atoms with Gasteiger partial charge in [0.15, 0.2) is 0 Å². The topological polar surface area (TPSA) is 86.8 Å². The third-order valence-electron chi connectivity index (χ3n) is 7.37. The molecule has 0 heterocycles. The molecular weight excluding hydrogens is 629 g/mol. The number of rotatable bonds is 14. The Labute approximate surface area is 275 Å². The van der Waals surface area contributed by atoms with Crippen molar-refractivity contribution in [1.82, 2.24) is 10.2 Å². The molecule has 7 nitrogen and oxygen atoms in total. The molecule has 0 unspecified atom stereocenters. The number of anilines is 1. The summed E-state index contributed by atoms with van der Waals surface area (Å²) < 4.78 is 29.2. The Morgan fingerprint density at radius 1 is 0.800 bits per heavy atom. The Kier molecular flexibility index (Phi) is 12.0. The van der Waals surface area contributed by atoms with Crippen LogP contribution < -0.4 is 9.62 Å². The lowest BCUT2D eigenvalue weighted by Crippen LogP contribution is -2.53. The Morgan fingerprint density at radius 3 is 2.00 bits per heavy atom. The van der Waals surface area contributed by atoms with E-state index in [0.717, 1.165) is 33.8 Å². The van der Waals surface area contributed by atoms with Gasteiger partial charge in [0.25, 0.3) is 10.0 Å². The molecule has 0 aliphatic carbocycles. The quantitative estimate of drug-likeness (QED) is 0.146. The van der Waals surface area contributed by atoms with Crippen LogP contribution in [0.25, 0.3) is 0 Å². The number of nitrogens with one attached hydrogen (secondary N) is 1. The van der Waals surface area contributed by atoms with Crippen LogP contribution in [-0.2, 0) is 32.6 Å². The first-order chi connectivity index (χ1) is 21.6. The van der Waals surface area contributed by atoms with Crippen LogP contribution in [0.5, 0.6) is 0 Å². The van der Waals surface area contributed by atoms with Gasteiger partial charge in [-0.05, 0) is 73.0 Å². The maximum atomic E-state index is 14.5. The van der Waals surface area contributed by atoms with Crippen molar-refractivity contribution >= 4 is 50.7 Å². The highest BCUT2D eigenvalue weighted by molar-refractivity contribution is 7.92. The number of carbonyl (C=O) groups excluding carboxylic acids is 2. The molecule has 4 aromatic carbocycles. The van der Waals surface area contributed by atoms with Crippen LogP contribution in [0.3, 0.4) is 0 Å². The van der Waals surface area contributed by atoms with Gasteiger partial charge in [-0.3, -0.25) is 13.9 Å². The Balaban J connectivity index is 1.78. The van der Waals surface area contributed by atoms with E-state index in [1.165, 1.54) is 29.2 Å². The van der Waals surface area contributed by atoms with E-state index in [-0.39, 0.29) is 23.8 Å². The number of benzene rings is 4. The smallest absolute Gasteiger partial charge is 0.264 e. The molecule has 10 heteroatoms. The maximum Gasteiger partial charge on any atom is 0.264 e. The molecule has 0 saturated carbocycles. The molecule has 45 heavy (non-hydrogen) atoms. The third kappa shape index (κ3) is 9.33. The standard InChI is InChI=1S/C35H37Cl2N3O4S/c1-3-4-22-38-35(42)33(23-27-8-6-5-7-9-27)39(24-28-12-14-29(36)15-13-28)34(41)25-40(31-18-10-26(2)11-19-31)45(43,44)32-20-16-30(37)17-21-32/h5-21,33H,3-4,22-25H2,1-2H3,(H,38,42)/t33-/m1/s1. The number of unbranched alkanes of at least 4 members (excludes halogenated alkanes) is 1. The zero-order valence-electron chi connectivity index (χ0n) is 25.3. The van der Waals surface area contributed by atoms with Gasteiger partial charge in [-0.2, -0.15) is 0 Å². The second-order valence-corrected chi connectivity index (χ2v) is 13.5. The van der Waals surface area contributed by atoms with Gasteiger partial charge in [-0.1, -0.05) is 96.7 Å². The van der Waals surface area contributed by atoms with Crippen LogP contribution >= 0.6 is 23.2 Å². The SMILES string of the molecule is CCCCNC(=O)[C@@H](Cc1ccccc1)N(Cc1ccc(Cl)cc1)C(=O)CN(c1ccc(C)cc1)S(=O)(=O)c1ccc(Cl)cc1. The maximum absolute atomic E-state index is 14.5. The van der Waals surface area contributed by atoms with E-state index in [1.54, 1.807) is 48.5 Å². The summed E-state index contributed by atoms with van der Waals surface area (Å²) in [6.45, 7) is 3.92. The molecule has 0 saturated heterocycles. The summed E-state index contributed by atoms with van der Waals surface area (Å²) in [5.74, 6) is -0.841. The van der Waals surface area contributed by atoms with Crippen LogP contribution in [-0.4, -0.2) is 44.3 Å². The second-order valence-electron chi connectivity index (χ2n) is 10.8. The molecule has 1 atom stereocenters. The van der Waals surface area contributed by atoms with Crippen molar-refractivity contribution < 1.29 is 18.0 Å². The molecule has 0 aromatic heterocycles. The summed E-state index contributed by atoms with van der Waals surface area (Å²) in [7, 11) is -4.20. The summed E-state index contributed by atoms with van der Waals surface area (Å²) in [4.78, 5) is 29.7. The van der Waals surface area contributed by atoms with Gasteiger partial charge in [0.2, 0.25) is 11.8 Å². The van der Waals surface area contributed by atoms with E-state index in [0.29, 0.717) is 22.3 Å². The highest BCUT2D eigenvalue weighted by Crippen LogP contribution is 2.26. The number of sulfonamides is 1. The Bertz CT molecular complexity index is 1670. The average Bonchev–Trinajstić information content (AvgIpc) is 3.03. The Morgan fingerprint density at radius 2 is 1.40 bits per heavy atom. The van der Waals surface area contributed by atoms with Crippen LogP contribution in [0.15, 0.2) is 108 Å². The number of carbonyl (C=O) groups is 2. The normalized spacial score (nSPS) is 11.9. The van der Waals surface area contributed by atoms with Gasteiger partial charge >= 0.3 is 0 Å². The van der Waals surface area contributed by atoms with Gasteiger partial charge in [-0.15, -0.1) is 0 Å². The fraction of sp³-hybridized carbons (Fsp3) is 0.257. The van der Waals surface area contributed by atoms with E-state index in [2.05, 4.69) is 5.32 Å². The van der Waals surface area contributed by atoms with Gasteiger partial charge in [-0.25, -0.2) is 8.42 Å². The van der Waals surface area contributed by atoms with E-state index < -0.39 is 28.5 Å². The van der Waals surface area contributed by atoms with E-state index >= 15 is 0 Å². The molecule has 4 aromatic rings. The molecule has 236 valence electrons. The third-order valence-corrected chi connectivity index (χ3v) is 9.66. The van der Waals surface area contributed by atoms with Crippen molar-refractivity contribution in [2.45, 2.75) is 50.6 Å². The molecule has 0 aliphatic heterocycles. The van der Waals surface area contributed by atoms with Crippen molar-refractivity contribution in [3.8, 4) is 0 Å². The molecule has 0 aliphatic rings. The minimum atomic E-state index is -4.20. The number of amides is 2. The van der Waals surface area contributed by atoms with Crippen molar-refractivity contribution in [2.24, 2.45) is 0 Å². The molecule has 0 fully saturated rings. The largest absolute Gasteiger partial charge is 0.354 e. The van der Waals surface area contributed by atoms with Crippen LogP contribution in [0, 0.1) is 6.92 Å². The van der Waals surface area contributed by atoms with Crippen LogP contribution in [0.2, 0.25) is 10.0 Å². The van der Waals surface area contributed by atoms with Gasteiger partial charge in [0.1, 0.15) is 12.6 Å². The fourth-order valence-corrected chi connectivity index (χ4v) is 6.49. The van der Waals surface area contributed by atoms with Gasteiger partial charge in [0, 0.05) is 29.6 Å². The lowest BCUT2D eigenvalue weighted by Gasteiger charge is -2.34. The van der Waals surface area contributed by atoms with Crippen molar-refractivity contribution in [1.29, 1.82) is 0 Å². The molecular formula is C35H37Cl2N3O4S. The molecule has 0 bridgehead atoms. The average molecular weight is 667 g/mol. The second kappa shape index (κ2) is 15.9. The first kappa shape index (κ1) is 34.0. The molecule has 0 radical (unpaired) electrons. The van der Waals surface area contributed by atoms with Crippen molar-refractivity contribution in [3.63, 3.8) is 0 Å². The molecule has 1 N–H and O–H groups in total. The number of hydrogen-bond donors (Lipinski definition) is 1. The van der Waals surface area contributed by atoms with Gasteiger partial charge in [0.05, 0.1) is 10.6 Å². The molecule has 2 amide bonds. The summed E-state index contributed by atoms with van der Waals surface area (Å²) in [6, 6.07) is 28.3. The Hall–Kier alpha value is -3.85. The first-order valence-electron chi connectivity index (χ1n) is 14.8. The summed E-state index contributed by atoms with van der Waals surface area (Å²) in [5, 5.41) is 3.91.